The number of hydrogen-bond donors (Lipinski definition) is 1. The zero-order chi connectivity index (χ0) is 22.7. The number of benzene rings is 3. The molecule has 32 heavy (non-hydrogen) atoms. The Morgan fingerprint density at radius 1 is 1.06 bits per heavy atom. The molecule has 1 heterocycles. The minimum Gasteiger partial charge on any atom is -0.494 e. The van der Waals surface area contributed by atoms with E-state index in [1.165, 1.54) is 12.1 Å². The Morgan fingerprint density at radius 2 is 1.78 bits per heavy atom. The van der Waals surface area contributed by atoms with Gasteiger partial charge in [-0.25, -0.2) is 13.1 Å². The van der Waals surface area contributed by atoms with Crippen LogP contribution in [0.5, 0.6) is 5.75 Å². The molecule has 3 aromatic rings. The molecule has 3 aromatic carbocycles. The number of amides is 1. The van der Waals surface area contributed by atoms with E-state index >= 15 is 0 Å². The summed E-state index contributed by atoms with van der Waals surface area (Å²) >= 11 is 0. The fourth-order valence-corrected chi connectivity index (χ4v) is 4.95. The first-order valence-corrected chi connectivity index (χ1v) is 12.1. The van der Waals surface area contributed by atoms with Crippen LogP contribution in [-0.2, 0) is 23.0 Å². The molecule has 0 radical (unpaired) electrons. The van der Waals surface area contributed by atoms with Crippen LogP contribution in [0, 0.1) is 0 Å². The topological polar surface area (TPSA) is 75.7 Å². The minimum atomic E-state index is -3.67. The number of carbonyl (C=O) groups is 1. The van der Waals surface area contributed by atoms with Gasteiger partial charge < -0.3 is 9.64 Å². The molecule has 166 valence electrons. The number of ether oxygens (including phenoxy) is 1. The number of carbonyl (C=O) groups excluding carboxylic acids is 1. The number of nitrogens with zero attached hydrogens (tertiary/aromatic N) is 1. The van der Waals surface area contributed by atoms with Crippen LogP contribution in [0.2, 0.25) is 0 Å². The summed E-state index contributed by atoms with van der Waals surface area (Å²) in [6, 6.07) is 21.3. The van der Waals surface area contributed by atoms with Crippen molar-refractivity contribution in [3.8, 4) is 5.75 Å². The number of sulfonamides is 1. The van der Waals surface area contributed by atoms with Crippen LogP contribution in [0.1, 0.15) is 35.3 Å². The predicted octanol–water partition coefficient (Wildman–Crippen LogP) is 4.16. The Balaban J connectivity index is 1.52. The maximum Gasteiger partial charge on any atom is 0.258 e. The van der Waals surface area contributed by atoms with E-state index in [0.29, 0.717) is 17.9 Å². The molecule has 1 amide bonds. The molecular weight excluding hydrogens is 424 g/mol. The molecule has 0 bridgehead atoms. The second kappa shape index (κ2) is 9.14. The second-order valence-electron chi connectivity index (χ2n) is 7.79. The Bertz CT molecular complexity index is 1210. The van der Waals surface area contributed by atoms with E-state index in [-0.39, 0.29) is 23.4 Å². The van der Waals surface area contributed by atoms with Gasteiger partial charge in [-0.2, -0.15) is 0 Å². The maximum atomic E-state index is 13.1. The molecule has 1 atom stereocenters. The van der Waals surface area contributed by atoms with Crippen molar-refractivity contribution in [2.45, 2.75) is 37.8 Å². The smallest absolute Gasteiger partial charge is 0.258 e. The normalized spacial score (nSPS) is 15.4. The first kappa shape index (κ1) is 22.0. The SMILES string of the molecule is CCOc1ccc(S(=O)(=O)NCc2ccc3c(c2)N(C(=O)c2ccccc2)[C@H](C)C3)cc1. The van der Waals surface area contributed by atoms with Crippen LogP contribution in [0.4, 0.5) is 5.69 Å². The first-order valence-electron chi connectivity index (χ1n) is 10.6. The summed E-state index contributed by atoms with van der Waals surface area (Å²) in [6.07, 6.45) is 0.770. The van der Waals surface area contributed by atoms with Gasteiger partial charge in [0, 0.05) is 23.8 Å². The monoisotopic (exact) mass is 450 g/mol. The minimum absolute atomic E-state index is 0.0357. The van der Waals surface area contributed by atoms with Gasteiger partial charge in [0.05, 0.1) is 11.5 Å². The Labute approximate surface area is 188 Å². The standard InChI is InChI=1S/C25H26N2O4S/c1-3-31-22-11-13-23(14-12-22)32(29,30)26-17-19-9-10-21-15-18(2)27(24(21)16-19)25(28)20-7-5-4-6-8-20/h4-14,16,18,26H,3,15,17H2,1-2H3/t18-/m1/s1. The van der Waals surface area contributed by atoms with Crippen molar-refractivity contribution in [1.29, 1.82) is 0 Å². The Hall–Kier alpha value is -3.16. The van der Waals surface area contributed by atoms with Crippen molar-refractivity contribution in [2.24, 2.45) is 0 Å². The average Bonchev–Trinajstić information content (AvgIpc) is 3.13. The first-order chi connectivity index (χ1) is 15.4. The lowest BCUT2D eigenvalue weighted by Gasteiger charge is -2.23. The van der Waals surface area contributed by atoms with Gasteiger partial charge in [-0.15, -0.1) is 0 Å². The van der Waals surface area contributed by atoms with E-state index in [4.69, 9.17) is 4.74 Å². The number of nitrogens with one attached hydrogen (secondary N) is 1. The van der Waals surface area contributed by atoms with Crippen LogP contribution < -0.4 is 14.4 Å². The summed E-state index contributed by atoms with van der Waals surface area (Å²) in [7, 11) is -3.67. The molecule has 0 aliphatic carbocycles. The fourth-order valence-electron chi connectivity index (χ4n) is 3.94. The van der Waals surface area contributed by atoms with Crippen LogP contribution in [-0.4, -0.2) is 27.0 Å². The summed E-state index contributed by atoms with van der Waals surface area (Å²) in [6.45, 7) is 4.54. The third-order valence-electron chi connectivity index (χ3n) is 5.52. The lowest BCUT2D eigenvalue weighted by Crippen LogP contribution is -2.35. The largest absolute Gasteiger partial charge is 0.494 e. The summed E-state index contributed by atoms with van der Waals surface area (Å²) in [4.78, 5) is 15.1. The molecule has 4 rings (SSSR count). The Kier molecular flexibility index (Phi) is 6.30. The van der Waals surface area contributed by atoms with E-state index in [1.807, 2.05) is 62.4 Å². The quantitative estimate of drug-likeness (QED) is 0.587. The van der Waals surface area contributed by atoms with Gasteiger partial charge in [0.15, 0.2) is 0 Å². The van der Waals surface area contributed by atoms with Crippen LogP contribution >= 0.6 is 0 Å². The number of fused-ring (bicyclic) bond motifs is 1. The molecule has 0 spiro atoms. The number of rotatable bonds is 7. The molecule has 0 aromatic heterocycles. The van der Waals surface area contributed by atoms with E-state index < -0.39 is 10.0 Å². The highest BCUT2D eigenvalue weighted by Gasteiger charge is 2.31. The van der Waals surface area contributed by atoms with Crippen molar-refractivity contribution >= 4 is 21.6 Å². The highest BCUT2D eigenvalue weighted by atomic mass is 32.2. The van der Waals surface area contributed by atoms with Crippen LogP contribution in [0.3, 0.4) is 0 Å². The summed E-state index contributed by atoms with van der Waals surface area (Å²) in [5, 5.41) is 0. The molecule has 1 aliphatic heterocycles. The molecule has 1 aliphatic rings. The van der Waals surface area contributed by atoms with Crippen molar-refractivity contribution in [1.82, 2.24) is 4.72 Å². The summed E-state index contributed by atoms with van der Waals surface area (Å²) in [5.74, 6) is 0.575. The highest BCUT2D eigenvalue weighted by molar-refractivity contribution is 7.89. The van der Waals surface area contributed by atoms with Gasteiger partial charge in [0.25, 0.3) is 5.91 Å². The molecule has 0 fully saturated rings. The van der Waals surface area contributed by atoms with Crippen molar-refractivity contribution in [2.75, 3.05) is 11.5 Å². The lowest BCUT2D eigenvalue weighted by atomic mass is 10.1. The molecule has 0 saturated carbocycles. The molecular formula is C25H26N2O4S. The third-order valence-corrected chi connectivity index (χ3v) is 6.93. The average molecular weight is 451 g/mol. The molecule has 0 saturated heterocycles. The highest BCUT2D eigenvalue weighted by Crippen LogP contribution is 2.34. The van der Waals surface area contributed by atoms with E-state index in [1.54, 1.807) is 17.0 Å². The van der Waals surface area contributed by atoms with E-state index in [0.717, 1.165) is 23.2 Å². The van der Waals surface area contributed by atoms with E-state index in [9.17, 15) is 13.2 Å². The van der Waals surface area contributed by atoms with Gasteiger partial charge in [0.1, 0.15) is 5.75 Å². The van der Waals surface area contributed by atoms with Crippen LogP contribution in [0.15, 0.2) is 77.7 Å². The number of hydrogen-bond acceptors (Lipinski definition) is 4. The maximum absolute atomic E-state index is 13.1. The van der Waals surface area contributed by atoms with Gasteiger partial charge >= 0.3 is 0 Å². The summed E-state index contributed by atoms with van der Waals surface area (Å²) in [5.41, 5.74) is 3.34. The van der Waals surface area contributed by atoms with Gasteiger partial charge in [-0.3, -0.25) is 4.79 Å². The zero-order valence-corrected chi connectivity index (χ0v) is 18.9. The molecule has 1 N–H and O–H groups in total. The lowest BCUT2D eigenvalue weighted by molar-refractivity contribution is 0.0981. The molecule has 6 nitrogen and oxygen atoms in total. The van der Waals surface area contributed by atoms with Gasteiger partial charge in [0.2, 0.25) is 10.0 Å². The molecule has 0 unspecified atom stereocenters. The van der Waals surface area contributed by atoms with Gasteiger partial charge in [-0.1, -0.05) is 30.3 Å². The Morgan fingerprint density at radius 3 is 2.47 bits per heavy atom. The van der Waals surface area contributed by atoms with Crippen molar-refractivity contribution < 1.29 is 17.9 Å². The predicted molar refractivity (Wildman–Crippen MR) is 124 cm³/mol. The summed E-state index contributed by atoms with van der Waals surface area (Å²) < 4.78 is 33.4. The third kappa shape index (κ3) is 4.54. The van der Waals surface area contributed by atoms with Crippen molar-refractivity contribution in [3.05, 3.63) is 89.5 Å². The second-order valence-corrected chi connectivity index (χ2v) is 9.55. The zero-order valence-electron chi connectivity index (χ0n) is 18.1. The van der Waals surface area contributed by atoms with E-state index in [2.05, 4.69) is 4.72 Å². The number of anilines is 1. The fraction of sp³-hybridized carbons (Fsp3) is 0.240. The van der Waals surface area contributed by atoms with Crippen molar-refractivity contribution in [3.63, 3.8) is 0 Å². The van der Waals surface area contributed by atoms with Gasteiger partial charge in [-0.05, 0) is 73.9 Å². The van der Waals surface area contributed by atoms with Crippen LogP contribution in [0.25, 0.3) is 0 Å². The molecule has 7 heteroatoms.